The van der Waals surface area contributed by atoms with Crippen molar-refractivity contribution in [2.75, 3.05) is 26.9 Å². The van der Waals surface area contributed by atoms with Gasteiger partial charge in [-0.1, -0.05) is 42.5 Å². The van der Waals surface area contributed by atoms with Crippen LogP contribution in [0.4, 0.5) is 0 Å². The third kappa shape index (κ3) is 5.52. The molecule has 0 spiro atoms. The summed E-state index contributed by atoms with van der Waals surface area (Å²) in [6, 6.07) is 17.0. The molecule has 1 unspecified atom stereocenters. The summed E-state index contributed by atoms with van der Waals surface area (Å²) in [6.45, 7) is 3.70. The molecule has 30 heavy (non-hydrogen) atoms. The number of ether oxygens (including phenoxy) is 3. The third-order valence-corrected chi connectivity index (χ3v) is 5.63. The third-order valence-electron chi connectivity index (χ3n) is 5.63. The van der Waals surface area contributed by atoms with Gasteiger partial charge in [0, 0.05) is 38.8 Å². The summed E-state index contributed by atoms with van der Waals surface area (Å²) in [5.41, 5.74) is 3.59. The number of benzene rings is 2. The molecule has 1 fully saturated rings. The highest BCUT2D eigenvalue weighted by molar-refractivity contribution is 5.80. The van der Waals surface area contributed by atoms with E-state index in [2.05, 4.69) is 46.0 Å². The molecular formula is C24H31N3O3. The van der Waals surface area contributed by atoms with Crippen molar-refractivity contribution in [1.29, 1.82) is 0 Å². The fourth-order valence-corrected chi connectivity index (χ4v) is 3.85. The standard InChI is InChI=1S/C24H31N3O3/c1-25-24(27-22-12-15-29-23-5-3-2-4-21(22)23)26-16-18-6-8-19(9-7-18)17-30-20-10-13-28-14-11-20/h2-9,20,22H,10-17H2,1H3,(H2,25,26,27). The first-order valence-corrected chi connectivity index (χ1v) is 10.8. The van der Waals surface area contributed by atoms with Crippen molar-refractivity contribution < 1.29 is 14.2 Å². The Bertz CT molecular complexity index is 832. The molecule has 1 atom stereocenters. The number of rotatable bonds is 6. The van der Waals surface area contributed by atoms with Crippen molar-refractivity contribution in [3.63, 3.8) is 0 Å². The Morgan fingerprint density at radius 2 is 1.77 bits per heavy atom. The first-order valence-electron chi connectivity index (χ1n) is 10.8. The van der Waals surface area contributed by atoms with E-state index in [1.807, 2.05) is 18.2 Å². The molecule has 2 aromatic carbocycles. The minimum atomic E-state index is 0.200. The van der Waals surface area contributed by atoms with E-state index >= 15 is 0 Å². The topological polar surface area (TPSA) is 64.1 Å². The van der Waals surface area contributed by atoms with Crippen LogP contribution in [0.3, 0.4) is 0 Å². The van der Waals surface area contributed by atoms with Crippen LogP contribution in [-0.2, 0) is 22.6 Å². The second-order valence-electron chi connectivity index (χ2n) is 7.74. The van der Waals surface area contributed by atoms with E-state index in [4.69, 9.17) is 14.2 Å². The molecule has 2 aromatic rings. The Morgan fingerprint density at radius 3 is 2.57 bits per heavy atom. The summed E-state index contributed by atoms with van der Waals surface area (Å²) in [7, 11) is 1.80. The number of nitrogens with zero attached hydrogens (tertiary/aromatic N) is 1. The molecule has 0 bridgehead atoms. The molecule has 0 aromatic heterocycles. The predicted molar refractivity (Wildman–Crippen MR) is 118 cm³/mol. The molecule has 2 aliphatic rings. The van der Waals surface area contributed by atoms with E-state index in [0.29, 0.717) is 25.9 Å². The highest BCUT2D eigenvalue weighted by atomic mass is 16.5. The van der Waals surface area contributed by atoms with Gasteiger partial charge in [-0.15, -0.1) is 0 Å². The fraction of sp³-hybridized carbons (Fsp3) is 0.458. The van der Waals surface area contributed by atoms with E-state index in [-0.39, 0.29) is 6.04 Å². The van der Waals surface area contributed by atoms with Crippen LogP contribution in [0.25, 0.3) is 0 Å². The average molecular weight is 410 g/mol. The van der Waals surface area contributed by atoms with E-state index in [9.17, 15) is 0 Å². The van der Waals surface area contributed by atoms with Gasteiger partial charge in [-0.25, -0.2) is 0 Å². The van der Waals surface area contributed by atoms with Crippen molar-refractivity contribution in [2.45, 2.75) is 44.6 Å². The molecule has 2 heterocycles. The van der Waals surface area contributed by atoms with Gasteiger partial charge in [0.1, 0.15) is 5.75 Å². The number of fused-ring (bicyclic) bond motifs is 1. The SMILES string of the molecule is CN=C(NCc1ccc(COC2CCOCC2)cc1)NC1CCOc2ccccc21. The van der Waals surface area contributed by atoms with Crippen molar-refractivity contribution in [3.8, 4) is 5.75 Å². The normalized spacial score (nSPS) is 19.6. The van der Waals surface area contributed by atoms with Gasteiger partial charge in [-0.3, -0.25) is 4.99 Å². The van der Waals surface area contributed by atoms with Gasteiger partial charge in [0.2, 0.25) is 0 Å². The van der Waals surface area contributed by atoms with Crippen LogP contribution in [0.5, 0.6) is 5.75 Å². The molecule has 6 nitrogen and oxygen atoms in total. The number of hydrogen-bond donors (Lipinski definition) is 2. The average Bonchev–Trinajstić information content (AvgIpc) is 2.82. The Labute approximate surface area is 178 Å². The van der Waals surface area contributed by atoms with Crippen molar-refractivity contribution in [2.24, 2.45) is 4.99 Å². The zero-order valence-electron chi connectivity index (χ0n) is 17.6. The second-order valence-corrected chi connectivity index (χ2v) is 7.74. The Hall–Kier alpha value is -2.57. The highest BCUT2D eigenvalue weighted by Crippen LogP contribution is 2.31. The van der Waals surface area contributed by atoms with Gasteiger partial charge >= 0.3 is 0 Å². The molecule has 0 radical (unpaired) electrons. The zero-order valence-corrected chi connectivity index (χ0v) is 17.6. The van der Waals surface area contributed by atoms with Crippen molar-refractivity contribution in [1.82, 2.24) is 10.6 Å². The van der Waals surface area contributed by atoms with Crippen LogP contribution in [0, 0.1) is 0 Å². The first kappa shape index (κ1) is 20.7. The Kier molecular flexibility index (Phi) is 7.21. The predicted octanol–water partition coefficient (Wildman–Crippen LogP) is 3.57. The summed E-state index contributed by atoms with van der Waals surface area (Å²) in [6.07, 6.45) is 3.22. The zero-order chi connectivity index (χ0) is 20.6. The number of guanidine groups is 1. The minimum Gasteiger partial charge on any atom is -0.493 e. The molecule has 160 valence electrons. The molecule has 2 aliphatic heterocycles. The molecular weight excluding hydrogens is 378 g/mol. The Balaban J connectivity index is 1.26. The lowest BCUT2D eigenvalue weighted by Gasteiger charge is -2.28. The molecule has 0 saturated carbocycles. The van der Waals surface area contributed by atoms with Crippen LogP contribution in [0.15, 0.2) is 53.5 Å². The second kappa shape index (κ2) is 10.5. The monoisotopic (exact) mass is 409 g/mol. The van der Waals surface area contributed by atoms with Crippen LogP contribution < -0.4 is 15.4 Å². The summed E-state index contributed by atoms with van der Waals surface area (Å²) in [4.78, 5) is 4.39. The number of aliphatic imine (C=N–C) groups is 1. The van der Waals surface area contributed by atoms with Gasteiger partial charge < -0.3 is 24.8 Å². The summed E-state index contributed by atoms with van der Waals surface area (Å²) < 4.78 is 17.1. The van der Waals surface area contributed by atoms with Crippen LogP contribution in [0.2, 0.25) is 0 Å². The van der Waals surface area contributed by atoms with Gasteiger partial charge in [0.05, 0.1) is 25.4 Å². The smallest absolute Gasteiger partial charge is 0.191 e. The van der Waals surface area contributed by atoms with Crippen molar-refractivity contribution >= 4 is 5.96 Å². The van der Waals surface area contributed by atoms with E-state index in [1.54, 1.807) is 7.05 Å². The lowest BCUT2D eigenvalue weighted by Crippen LogP contribution is -2.40. The van der Waals surface area contributed by atoms with Gasteiger partial charge in [-0.05, 0) is 30.0 Å². The molecule has 4 rings (SSSR count). The summed E-state index contributed by atoms with van der Waals surface area (Å²) >= 11 is 0. The number of para-hydroxylation sites is 1. The van der Waals surface area contributed by atoms with E-state index in [1.165, 1.54) is 16.7 Å². The van der Waals surface area contributed by atoms with Crippen molar-refractivity contribution in [3.05, 3.63) is 65.2 Å². The quantitative estimate of drug-likeness (QED) is 0.564. The largest absolute Gasteiger partial charge is 0.493 e. The van der Waals surface area contributed by atoms with Crippen LogP contribution >= 0.6 is 0 Å². The molecule has 0 amide bonds. The van der Waals surface area contributed by atoms with Gasteiger partial charge in [-0.2, -0.15) is 0 Å². The summed E-state index contributed by atoms with van der Waals surface area (Å²) in [5.74, 6) is 1.75. The van der Waals surface area contributed by atoms with E-state index < -0.39 is 0 Å². The maximum absolute atomic E-state index is 6.00. The van der Waals surface area contributed by atoms with Gasteiger partial charge in [0.15, 0.2) is 5.96 Å². The molecule has 6 heteroatoms. The lowest BCUT2D eigenvalue weighted by atomic mass is 10.0. The van der Waals surface area contributed by atoms with Crippen LogP contribution in [-0.4, -0.2) is 38.9 Å². The maximum Gasteiger partial charge on any atom is 0.191 e. The summed E-state index contributed by atoms with van der Waals surface area (Å²) in [5, 5.41) is 6.95. The number of hydrogen-bond acceptors (Lipinski definition) is 4. The molecule has 2 N–H and O–H groups in total. The maximum atomic E-state index is 6.00. The molecule has 0 aliphatic carbocycles. The first-order chi connectivity index (χ1) is 14.8. The highest BCUT2D eigenvalue weighted by Gasteiger charge is 2.21. The lowest BCUT2D eigenvalue weighted by molar-refractivity contribution is -0.0390. The van der Waals surface area contributed by atoms with Gasteiger partial charge in [0.25, 0.3) is 0 Å². The fourth-order valence-electron chi connectivity index (χ4n) is 3.85. The Morgan fingerprint density at radius 1 is 1.00 bits per heavy atom. The van der Waals surface area contributed by atoms with Crippen LogP contribution in [0.1, 0.15) is 42.0 Å². The van der Waals surface area contributed by atoms with E-state index in [0.717, 1.165) is 44.2 Å². The minimum absolute atomic E-state index is 0.200. The number of nitrogens with one attached hydrogen (secondary N) is 2. The molecule has 1 saturated heterocycles.